The van der Waals surface area contributed by atoms with Crippen molar-refractivity contribution in [1.29, 1.82) is 0 Å². The van der Waals surface area contributed by atoms with Gasteiger partial charge < -0.3 is 20.8 Å². The highest BCUT2D eigenvalue weighted by Gasteiger charge is 2.13. The van der Waals surface area contributed by atoms with Gasteiger partial charge in [-0.3, -0.25) is 4.79 Å². The molecule has 0 fully saturated rings. The first-order valence-electron chi connectivity index (χ1n) is 6.52. The summed E-state index contributed by atoms with van der Waals surface area (Å²) < 4.78 is 6.97. The molecule has 0 aliphatic rings. The molecule has 2 aromatic rings. The van der Waals surface area contributed by atoms with E-state index in [0.29, 0.717) is 23.5 Å². The van der Waals surface area contributed by atoms with Gasteiger partial charge in [-0.25, -0.2) is 4.79 Å². The van der Waals surface area contributed by atoms with Crippen LogP contribution in [-0.4, -0.2) is 16.4 Å². The summed E-state index contributed by atoms with van der Waals surface area (Å²) in [6, 6.07) is 8.17. The van der Waals surface area contributed by atoms with Crippen LogP contribution in [0.2, 0.25) is 0 Å². The highest BCUT2D eigenvalue weighted by Crippen LogP contribution is 2.13. The number of hydrogen-bond donors (Lipinski definition) is 2. The Balaban J connectivity index is 2.02. The number of anilines is 1. The van der Waals surface area contributed by atoms with Crippen molar-refractivity contribution >= 4 is 17.6 Å². The summed E-state index contributed by atoms with van der Waals surface area (Å²) in [4.78, 5) is 23.0. The Bertz CT molecular complexity index is 659. The second-order valence-corrected chi connectivity index (χ2v) is 4.58. The molecule has 1 heterocycles. The molecular formula is C15H17N3O3. The molecule has 1 aromatic carbocycles. The molecule has 0 radical (unpaired) electrons. The van der Waals surface area contributed by atoms with Crippen molar-refractivity contribution in [2.45, 2.75) is 20.1 Å². The van der Waals surface area contributed by atoms with Crippen LogP contribution >= 0.6 is 0 Å². The Labute approximate surface area is 122 Å². The molecule has 0 saturated heterocycles. The second-order valence-electron chi connectivity index (χ2n) is 4.58. The van der Waals surface area contributed by atoms with Crippen LogP contribution in [-0.2, 0) is 17.9 Å². The standard InChI is InChI=1S/C15H17N3O3/c1-2-18-8-12(16)7-13(18)15(20)21-9-10-3-5-11(6-4-10)14(17)19/h3-8H,2,9,16H2,1H3,(H2,17,19). The van der Waals surface area contributed by atoms with Gasteiger partial charge in [0.2, 0.25) is 5.91 Å². The van der Waals surface area contributed by atoms with Crippen molar-refractivity contribution in [3.63, 3.8) is 0 Å². The maximum atomic E-state index is 12.0. The maximum absolute atomic E-state index is 12.0. The number of ether oxygens (including phenoxy) is 1. The normalized spacial score (nSPS) is 10.3. The molecule has 110 valence electrons. The van der Waals surface area contributed by atoms with Crippen LogP contribution in [0, 0.1) is 0 Å². The zero-order valence-electron chi connectivity index (χ0n) is 11.7. The quantitative estimate of drug-likeness (QED) is 0.815. The van der Waals surface area contributed by atoms with Crippen LogP contribution in [0.25, 0.3) is 0 Å². The number of nitrogens with two attached hydrogens (primary N) is 2. The maximum Gasteiger partial charge on any atom is 0.355 e. The summed E-state index contributed by atoms with van der Waals surface area (Å²) in [6.07, 6.45) is 1.69. The van der Waals surface area contributed by atoms with Crippen molar-refractivity contribution in [3.05, 3.63) is 53.3 Å². The van der Waals surface area contributed by atoms with Crippen LogP contribution in [0.15, 0.2) is 36.5 Å². The lowest BCUT2D eigenvalue weighted by Gasteiger charge is -2.07. The summed E-state index contributed by atoms with van der Waals surface area (Å²) in [5.41, 5.74) is 13.0. The Morgan fingerprint density at radius 1 is 1.24 bits per heavy atom. The van der Waals surface area contributed by atoms with Crippen molar-refractivity contribution < 1.29 is 14.3 Å². The minimum absolute atomic E-state index is 0.118. The fourth-order valence-electron chi connectivity index (χ4n) is 1.95. The van der Waals surface area contributed by atoms with E-state index < -0.39 is 11.9 Å². The molecule has 0 bridgehead atoms. The monoisotopic (exact) mass is 287 g/mol. The smallest absolute Gasteiger partial charge is 0.355 e. The van der Waals surface area contributed by atoms with Gasteiger partial charge in [0.1, 0.15) is 12.3 Å². The zero-order valence-corrected chi connectivity index (χ0v) is 11.7. The Kier molecular flexibility index (Phi) is 4.27. The highest BCUT2D eigenvalue weighted by atomic mass is 16.5. The van der Waals surface area contributed by atoms with Crippen LogP contribution in [0.3, 0.4) is 0 Å². The molecule has 2 rings (SSSR count). The molecule has 6 heteroatoms. The summed E-state index contributed by atoms with van der Waals surface area (Å²) in [5.74, 6) is -0.928. The minimum Gasteiger partial charge on any atom is -0.456 e. The number of carbonyl (C=O) groups excluding carboxylic acids is 2. The Hall–Kier alpha value is -2.76. The van der Waals surface area contributed by atoms with Gasteiger partial charge in [-0.05, 0) is 30.7 Å². The lowest BCUT2D eigenvalue weighted by Crippen LogP contribution is -2.12. The molecule has 0 saturated carbocycles. The fourth-order valence-corrected chi connectivity index (χ4v) is 1.95. The van der Waals surface area contributed by atoms with Gasteiger partial charge >= 0.3 is 5.97 Å². The largest absolute Gasteiger partial charge is 0.456 e. The third kappa shape index (κ3) is 3.42. The SMILES string of the molecule is CCn1cc(N)cc1C(=O)OCc1ccc(C(N)=O)cc1. The lowest BCUT2D eigenvalue weighted by molar-refractivity contribution is 0.0460. The molecule has 0 unspecified atom stereocenters. The van der Waals surface area contributed by atoms with Crippen LogP contribution < -0.4 is 11.5 Å². The molecule has 0 atom stereocenters. The van der Waals surface area contributed by atoms with E-state index in [1.807, 2.05) is 6.92 Å². The number of benzene rings is 1. The van der Waals surface area contributed by atoms with E-state index in [1.54, 1.807) is 41.1 Å². The molecule has 0 aliphatic heterocycles. The summed E-state index contributed by atoms with van der Waals surface area (Å²) in [5, 5.41) is 0. The van der Waals surface area contributed by atoms with Crippen molar-refractivity contribution in [2.24, 2.45) is 5.73 Å². The number of esters is 1. The number of primary amides is 1. The van der Waals surface area contributed by atoms with E-state index >= 15 is 0 Å². The summed E-state index contributed by atoms with van der Waals surface area (Å²) in [6.45, 7) is 2.67. The van der Waals surface area contributed by atoms with Gasteiger partial charge in [-0.1, -0.05) is 12.1 Å². The van der Waals surface area contributed by atoms with E-state index in [4.69, 9.17) is 16.2 Å². The number of aromatic nitrogens is 1. The van der Waals surface area contributed by atoms with E-state index in [2.05, 4.69) is 0 Å². The first kappa shape index (κ1) is 14.6. The second kappa shape index (κ2) is 6.13. The predicted octanol–water partition coefficient (Wildman–Crippen LogP) is 1.55. The predicted molar refractivity (Wildman–Crippen MR) is 78.6 cm³/mol. The summed E-state index contributed by atoms with van der Waals surface area (Å²) in [7, 11) is 0. The number of nitrogen functional groups attached to an aromatic ring is 1. The number of carbonyl (C=O) groups is 2. The molecule has 0 spiro atoms. The fraction of sp³-hybridized carbons (Fsp3) is 0.200. The molecular weight excluding hydrogens is 270 g/mol. The third-order valence-electron chi connectivity index (χ3n) is 3.08. The number of amides is 1. The molecule has 21 heavy (non-hydrogen) atoms. The van der Waals surface area contributed by atoms with E-state index in [9.17, 15) is 9.59 Å². The first-order valence-corrected chi connectivity index (χ1v) is 6.52. The van der Waals surface area contributed by atoms with Crippen LogP contribution in [0.4, 0.5) is 5.69 Å². The molecule has 4 N–H and O–H groups in total. The molecule has 1 amide bonds. The number of aryl methyl sites for hydroxylation is 1. The van der Waals surface area contributed by atoms with Crippen LogP contribution in [0.1, 0.15) is 33.3 Å². The van der Waals surface area contributed by atoms with Gasteiger partial charge in [0, 0.05) is 18.3 Å². The van der Waals surface area contributed by atoms with E-state index in [1.165, 1.54) is 0 Å². The molecule has 0 aliphatic carbocycles. The average molecular weight is 287 g/mol. The lowest BCUT2D eigenvalue weighted by atomic mass is 10.1. The van der Waals surface area contributed by atoms with Crippen LogP contribution in [0.5, 0.6) is 0 Å². The minimum atomic E-state index is -0.491. The van der Waals surface area contributed by atoms with Gasteiger partial charge in [0.05, 0.1) is 5.69 Å². The number of nitrogens with zero attached hydrogens (tertiary/aromatic N) is 1. The third-order valence-corrected chi connectivity index (χ3v) is 3.08. The number of hydrogen-bond acceptors (Lipinski definition) is 4. The van der Waals surface area contributed by atoms with Gasteiger partial charge in [-0.15, -0.1) is 0 Å². The van der Waals surface area contributed by atoms with Crippen molar-refractivity contribution in [2.75, 3.05) is 5.73 Å². The Morgan fingerprint density at radius 2 is 1.90 bits per heavy atom. The molecule has 6 nitrogen and oxygen atoms in total. The average Bonchev–Trinajstić information content (AvgIpc) is 2.86. The van der Waals surface area contributed by atoms with Gasteiger partial charge in [0.15, 0.2) is 0 Å². The Morgan fingerprint density at radius 3 is 2.48 bits per heavy atom. The summed E-state index contributed by atoms with van der Waals surface area (Å²) >= 11 is 0. The van der Waals surface area contributed by atoms with Crippen molar-refractivity contribution in [3.8, 4) is 0 Å². The van der Waals surface area contributed by atoms with E-state index in [0.717, 1.165) is 5.56 Å². The zero-order chi connectivity index (χ0) is 15.4. The first-order chi connectivity index (χ1) is 10.0. The number of rotatable bonds is 5. The molecule has 1 aromatic heterocycles. The highest BCUT2D eigenvalue weighted by molar-refractivity contribution is 5.92. The van der Waals surface area contributed by atoms with Gasteiger partial charge in [0.25, 0.3) is 0 Å². The topological polar surface area (TPSA) is 100 Å². The van der Waals surface area contributed by atoms with E-state index in [-0.39, 0.29) is 6.61 Å². The van der Waals surface area contributed by atoms with Crippen molar-refractivity contribution in [1.82, 2.24) is 4.57 Å². The van der Waals surface area contributed by atoms with Gasteiger partial charge in [-0.2, -0.15) is 0 Å².